The summed E-state index contributed by atoms with van der Waals surface area (Å²) in [6.45, 7) is 6.32. The van der Waals surface area contributed by atoms with Crippen molar-refractivity contribution in [1.29, 1.82) is 0 Å². The summed E-state index contributed by atoms with van der Waals surface area (Å²) in [5.74, 6) is 0.825. The molecule has 0 aliphatic carbocycles. The lowest BCUT2D eigenvalue weighted by Crippen LogP contribution is -2.10. The molecule has 2 nitrogen and oxygen atoms in total. The second-order valence-electron chi connectivity index (χ2n) is 5.21. The molecule has 5 heteroatoms. The number of benzene rings is 1. The number of nitrogens with zero attached hydrogens (tertiary/aromatic N) is 2. The van der Waals surface area contributed by atoms with Crippen LogP contribution < -0.4 is 0 Å². The zero-order valence-corrected chi connectivity index (χ0v) is 13.7. The topological polar surface area (TPSA) is 17.8 Å². The smallest absolute Gasteiger partial charge is 0.125 e. The second-order valence-corrected chi connectivity index (χ2v) is 6.94. The first-order valence-corrected chi connectivity index (χ1v) is 8.15. The molecule has 110 valence electrons. The molecule has 3 rings (SSSR count). The van der Waals surface area contributed by atoms with E-state index < -0.39 is 0 Å². The van der Waals surface area contributed by atoms with Crippen LogP contribution in [-0.2, 0) is 5.88 Å². The van der Waals surface area contributed by atoms with Crippen LogP contribution in [0.4, 0.5) is 4.39 Å². The van der Waals surface area contributed by atoms with E-state index in [9.17, 15) is 4.39 Å². The molecular weight excluding hydrogens is 307 g/mol. The molecule has 1 atom stereocenters. The van der Waals surface area contributed by atoms with E-state index >= 15 is 0 Å². The van der Waals surface area contributed by atoms with Crippen molar-refractivity contribution in [1.82, 2.24) is 9.55 Å². The number of rotatable bonds is 3. The standard InChI is InChI=1S/C16H16ClFN2S/c1-9-6-13(11(3)21-9)10(2)20-15-7-12(18)4-5-14(15)19-16(20)8-17/h4-7,10H,8H2,1-3H3. The molecule has 3 aromatic rings. The SMILES string of the molecule is Cc1cc(C(C)n2c(CCl)nc3ccc(F)cc32)c(C)s1. The van der Waals surface area contributed by atoms with E-state index in [1.54, 1.807) is 17.4 Å². The summed E-state index contributed by atoms with van der Waals surface area (Å²) in [4.78, 5) is 7.08. The van der Waals surface area contributed by atoms with E-state index in [1.807, 2.05) is 4.57 Å². The lowest BCUT2D eigenvalue weighted by molar-refractivity contribution is 0.617. The van der Waals surface area contributed by atoms with Gasteiger partial charge in [0.05, 0.1) is 23.0 Å². The maximum atomic E-state index is 13.6. The van der Waals surface area contributed by atoms with E-state index in [0.29, 0.717) is 5.88 Å². The first-order valence-electron chi connectivity index (χ1n) is 6.80. The van der Waals surface area contributed by atoms with Gasteiger partial charge in [-0.05, 0) is 50.6 Å². The van der Waals surface area contributed by atoms with Crippen LogP contribution in [0.1, 0.15) is 34.1 Å². The van der Waals surface area contributed by atoms with Crippen molar-refractivity contribution in [2.45, 2.75) is 32.7 Å². The summed E-state index contributed by atoms with van der Waals surface area (Å²) in [5.41, 5.74) is 2.82. The highest BCUT2D eigenvalue weighted by atomic mass is 35.5. The van der Waals surface area contributed by atoms with Crippen molar-refractivity contribution < 1.29 is 4.39 Å². The van der Waals surface area contributed by atoms with E-state index in [2.05, 4.69) is 31.8 Å². The lowest BCUT2D eigenvalue weighted by atomic mass is 10.1. The van der Waals surface area contributed by atoms with Crippen LogP contribution in [0.15, 0.2) is 24.3 Å². The summed E-state index contributed by atoms with van der Waals surface area (Å²) >= 11 is 7.82. The number of alkyl halides is 1. The summed E-state index contributed by atoms with van der Waals surface area (Å²) < 4.78 is 15.6. The van der Waals surface area contributed by atoms with Gasteiger partial charge in [0.15, 0.2) is 0 Å². The Morgan fingerprint density at radius 2 is 2.10 bits per heavy atom. The first-order chi connectivity index (χ1) is 10.0. The third-order valence-corrected chi connectivity index (χ3v) is 4.98. The number of aryl methyl sites for hydroxylation is 2. The molecule has 2 heterocycles. The van der Waals surface area contributed by atoms with Crippen LogP contribution >= 0.6 is 22.9 Å². The number of hydrogen-bond donors (Lipinski definition) is 0. The summed E-state index contributed by atoms with van der Waals surface area (Å²) in [6, 6.07) is 6.94. The van der Waals surface area contributed by atoms with E-state index in [-0.39, 0.29) is 11.9 Å². The maximum Gasteiger partial charge on any atom is 0.125 e. The highest BCUT2D eigenvalue weighted by Crippen LogP contribution is 2.32. The molecule has 0 saturated carbocycles. The van der Waals surface area contributed by atoms with Crippen molar-refractivity contribution in [3.63, 3.8) is 0 Å². The van der Waals surface area contributed by atoms with Gasteiger partial charge in [-0.25, -0.2) is 9.37 Å². The minimum atomic E-state index is -0.254. The lowest BCUT2D eigenvalue weighted by Gasteiger charge is -2.17. The van der Waals surface area contributed by atoms with Crippen LogP contribution in [0, 0.1) is 19.7 Å². The first kappa shape index (κ1) is 14.5. The normalized spacial score (nSPS) is 13.0. The molecule has 21 heavy (non-hydrogen) atoms. The Morgan fingerprint density at radius 3 is 2.71 bits per heavy atom. The van der Waals surface area contributed by atoms with Crippen molar-refractivity contribution in [2.75, 3.05) is 0 Å². The van der Waals surface area contributed by atoms with Crippen molar-refractivity contribution in [3.8, 4) is 0 Å². The third-order valence-electron chi connectivity index (χ3n) is 3.76. The van der Waals surface area contributed by atoms with E-state index in [0.717, 1.165) is 16.9 Å². The highest BCUT2D eigenvalue weighted by Gasteiger charge is 2.19. The molecule has 0 amide bonds. The zero-order chi connectivity index (χ0) is 15.1. The van der Waals surface area contributed by atoms with Gasteiger partial charge in [-0.15, -0.1) is 22.9 Å². The van der Waals surface area contributed by atoms with Gasteiger partial charge in [0.1, 0.15) is 11.6 Å². The molecule has 0 N–H and O–H groups in total. The Bertz CT molecular complexity index is 806. The Balaban J connectivity index is 2.22. The largest absolute Gasteiger partial charge is 0.319 e. The van der Waals surface area contributed by atoms with Crippen LogP contribution in [0.5, 0.6) is 0 Å². The summed E-state index contributed by atoms with van der Waals surface area (Å²) in [6.07, 6.45) is 0. The van der Waals surface area contributed by atoms with E-state index in [1.165, 1.54) is 27.5 Å². The molecule has 0 spiro atoms. The number of thiophene rings is 1. The molecule has 0 fully saturated rings. The number of halogens is 2. The van der Waals surface area contributed by atoms with Crippen LogP contribution in [0.2, 0.25) is 0 Å². The molecule has 0 aliphatic rings. The van der Waals surface area contributed by atoms with Crippen molar-refractivity contribution in [2.24, 2.45) is 0 Å². The molecular formula is C16H16ClFN2S. The minimum absolute atomic E-state index is 0.0792. The zero-order valence-electron chi connectivity index (χ0n) is 12.2. The molecule has 2 aromatic heterocycles. The Morgan fingerprint density at radius 1 is 1.33 bits per heavy atom. The van der Waals surface area contributed by atoms with Gasteiger partial charge in [-0.3, -0.25) is 0 Å². The van der Waals surface area contributed by atoms with Crippen LogP contribution in [0.3, 0.4) is 0 Å². The molecule has 0 aliphatic heterocycles. The van der Waals surface area contributed by atoms with Gasteiger partial charge in [-0.2, -0.15) is 0 Å². The van der Waals surface area contributed by atoms with Crippen LogP contribution in [-0.4, -0.2) is 9.55 Å². The summed E-state index contributed by atoms with van der Waals surface area (Å²) in [5, 5.41) is 0. The molecule has 1 aromatic carbocycles. The Labute approximate surface area is 132 Å². The average molecular weight is 323 g/mol. The van der Waals surface area contributed by atoms with Gasteiger partial charge in [0, 0.05) is 9.75 Å². The molecule has 0 bridgehead atoms. The predicted octanol–water partition coefficient (Wildman–Crippen LogP) is 5.20. The predicted molar refractivity (Wildman–Crippen MR) is 86.9 cm³/mol. The molecule has 1 unspecified atom stereocenters. The number of fused-ring (bicyclic) bond motifs is 1. The average Bonchev–Trinajstić information content (AvgIpc) is 2.97. The van der Waals surface area contributed by atoms with Crippen LogP contribution in [0.25, 0.3) is 11.0 Å². The van der Waals surface area contributed by atoms with Crippen molar-refractivity contribution >= 4 is 34.0 Å². The van der Waals surface area contributed by atoms with Gasteiger partial charge >= 0.3 is 0 Å². The quantitative estimate of drug-likeness (QED) is 0.606. The number of hydrogen-bond acceptors (Lipinski definition) is 2. The number of imidazole rings is 1. The van der Waals surface area contributed by atoms with Gasteiger partial charge in [0.2, 0.25) is 0 Å². The molecule has 0 saturated heterocycles. The highest BCUT2D eigenvalue weighted by molar-refractivity contribution is 7.12. The van der Waals surface area contributed by atoms with E-state index in [4.69, 9.17) is 11.6 Å². The van der Waals surface area contributed by atoms with Gasteiger partial charge < -0.3 is 4.57 Å². The maximum absolute atomic E-state index is 13.6. The fourth-order valence-corrected chi connectivity index (χ4v) is 4.05. The Hall–Kier alpha value is -1.39. The number of aromatic nitrogens is 2. The summed E-state index contributed by atoms with van der Waals surface area (Å²) in [7, 11) is 0. The monoisotopic (exact) mass is 322 g/mol. The second kappa shape index (κ2) is 5.43. The Kier molecular flexibility index (Phi) is 3.76. The van der Waals surface area contributed by atoms with Crippen molar-refractivity contribution in [3.05, 3.63) is 51.2 Å². The third kappa shape index (κ3) is 2.47. The molecule has 0 radical (unpaired) electrons. The van der Waals surface area contributed by atoms with Gasteiger partial charge in [0.25, 0.3) is 0 Å². The van der Waals surface area contributed by atoms with Gasteiger partial charge in [-0.1, -0.05) is 0 Å². The fourth-order valence-electron chi connectivity index (χ4n) is 2.85. The minimum Gasteiger partial charge on any atom is -0.319 e. The fraction of sp³-hybridized carbons (Fsp3) is 0.312.